The van der Waals surface area contributed by atoms with Crippen LogP contribution in [0.3, 0.4) is 0 Å². The average molecular weight is 290 g/mol. The number of aromatic nitrogens is 5. The van der Waals surface area contributed by atoms with Gasteiger partial charge in [0, 0.05) is 17.8 Å². The van der Waals surface area contributed by atoms with Gasteiger partial charge in [-0.3, -0.25) is 9.89 Å². The fourth-order valence-electron chi connectivity index (χ4n) is 2.36. The minimum absolute atomic E-state index is 0.0406. The summed E-state index contributed by atoms with van der Waals surface area (Å²) in [5.41, 5.74) is 2.75. The number of amides is 1. The molecule has 0 aliphatic rings. The van der Waals surface area contributed by atoms with Gasteiger partial charge in [0.15, 0.2) is 5.82 Å². The van der Waals surface area contributed by atoms with E-state index in [0.29, 0.717) is 6.42 Å². The highest BCUT2D eigenvalue weighted by molar-refractivity contribution is 5.79. The van der Waals surface area contributed by atoms with Gasteiger partial charge in [-0.1, -0.05) is 6.92 Å². The van der Waals surface area contributed by atoms with Gasteiger partial charge in [-0.15, -0.1) is 10.2 Å². The Labute approximate surface area is 124 Å². The van der Waals surface area contributed by atoms with Crippen molar-refractivity contribution >= 4 is 5.91 Å². The molecule has 2 N–H and O–H groups in total. The zero-order chi connectivity index (χ0) is 15.4. The van der Waals surface area contributed by atoms with Crippen LogP contribution in [0.25, 0.3) is 0 Å². The van der Waals surface area contributed by atoms with Gasteiger partial charge >= 0.3 is 0 Å². The highest BCUT2D eigenvalue weighted by Crippen LogP contribution is 2.13. The molecule has 0 unspecified atom stereocenters. The molecule has 2 aromatic rings. The Morgan fingerprint density at radius 3 is 2.86 bits per heavy atom. The van der Waals surface area contributed by atoms with Crippen LogP contribution >= 0.6 is 0 Å². The first-order chi connectivity index (χ1) is 10.0. The first kappa shape index (κ1) is 15.2. The second-order valence-corrected chi connectivity index (χ2v) is 5.26. The zero-order valence-electron chi connectivity index (χ0n) is 13.0. The summed E-state index contributed by atoms with van der Waals surface area (Å²) in [5, 5.41) is 18.0. The topological polar surface area (TPSA) is 88.5 Å². The predicted octanol–water partition coefficient (Wildman–Crippen LogP) is 1.45. The Morgan fingerprint density at radius 1 is 1.48 bits per heavy atom. The van der Waals surface area contributed by atoms with E-state index in [0.717, 1.165) is 35.7 Å². The van der Waals surface area contributed by atoms with Crippen molar-refractivity contribution in [2.24, 2.45) is 0 Å². The SMILES string of the molecule is CCCn1cnnc1[C@H](C)NC(=O)Cc1c(C)n[nH]c1C. The number of carbonyl (C=O) groups is 1. The van der Waals surface area contributed by atoms with Crippen molar-refractivity contribution in [3.05, 3.63) is 29.1 Å². The van der Waals surface area contributed by atoms with E-state index in [1.807, 2.05) is 25.3 Å². The van der Waals surface area contributed by atoms with Crippen LogP contribution in [-0.2, 0) is 17.8 Å². The minimum atomic E-state index is -0.168. The van der Waals surface area contributed by atoms with Gasteiger partial charge in [0.25, 0.3) is 0 Å². The van der Waals surface area contributed by atoms with Crippen LogP contribution in [0.5, 0.6) is 0 Å². The van der Waals surface area contributed by atoms with Crippen LogP contribution in [0.15, 0.2) is 6.33 Å². The van der Waals surface area contributed by atoms with Crippen LogP contribution in [0.4, 0.5) is 0 Å². The molecule has 0 saturated heterocycles. The summed E-state index contributed by atoms with van der Waals surface area (Å²) in [6.07, 6.45) is 3.02. The van der Waals surface area contributed by atoms with E-state index in [1.165, 1.54) is 0 Å². The normalized spacial score (nSPS) is 12.4. The van der Waals surface area contributed by atoms with Gasteiger partial charge in [-0.25, -0.2) is 0 Å². The number of aryl methyl sites for hydroxylation is 3. The number of aromatic amines is 1. The van der Waals surface area contributed by atoms with Gasteiger partial charge in [0.2, 0.25) is 5.91 Å². The summed E-state index contributed by atoms with van der Waals surface area (Å²) in [6.45, 7) is 8.68. The molecule has 0 aliphatic carbocycles. The molecular formula is C14H22N6O. The third-order valence-corrected chi connectivity index (χ3v) is 3.49. The van der Waals surface area contributed by atoms with Gasteiger partial charge in [0.05, 0.1) is 18.2 Å². The van der Waals surface area contributed by atoms with E-state index in [4.69, 9.17) is 0 Å². The van der Waals surface area contributed by atoms with Crippen molar-refractivity contribution < 1.29 is 4.79 Å². The van der Waals surface area contributed by atoms with Crippen LogP contribution in [0, 0.1) is 13.8 Å². The van der Waals surface area contributed by atoms with Crippen molar-refractivity contribution in [2.45, 2.75) is 53.1 Å². The van der Waals surface area contributed by atoms with Gasteiger partial charge < -0.3 is 9.88 Å². The molecule has 2 rings (SSSR count). The molecule has 0 fully saturated rings. The van der Waals surface area contributed by atoms with Crippen LogP contribution in [0.1, 0.15) is 49.1 Å². The molecule has 2 heterocycles. The van der Waals surface area contributed by atoms with Gasteiger partial charge in [-0.2, -0.15) is 5.10 Å². The monoisotopic (exact) mass is 290 g/mol. The third-order valence-electron chi connectivity index (χ3n) is 3.49. The van der Waals surface area contributed by atoms with E-state index < -0.39 is 0 Å². The fraction of sp³-hybridized carbons (Fsp3) is 0.571. The van der Waals surface area contributed by atoms with Crippen LogP contribution in [0.2, 0.25) is 0 Å². The van der Waals surface area contributed by atoms with E-state index in [2.05, 4.69) is 32.6 Å². The Kier molecular flexibility index (Phi) is 4.72. The largest absolute Gasteiger partial charge is 0.346 e. The lowest BCUT2D eigenvalue weighted by Gasteiger charge is -2.14. The molecule has 2 aromatic heterocycles. The summed E-state index contributed by atoms with van der Waals surface area (Å²) in [5.74, 6) is 0.743. The highest BCUT2D eigenvalue weighted by atomic mass is 16.1. The highest BCUT2D eigenvalue weighted by Gasteiger charge is 2.17. The molecule has 0 bridgehead atoms. The quantitative estimate of drug-likeness (QED) is 0.842. The van der Waals surface area contributed by atoms with Crippen molar-refractivity contribution in [3.8, 4) is 0 Å². The van der Waals surface area contributed by atoms with E-state index in [9.17, 15) is 4.79 Å². The molecule has 21 heavy (non-hydrogen) atoms. The smallest absolute Gasteiger partial charge is 0.225 e. The Hall–Kier alpha value is -2.18. The Morgan fingerprint density at radius 2 is 2.24 bits per heavy atom. The zero-order valence-corrected chi connectivity index (χ0v) is 13.0. The molecule has 0 aromatic carbocycles. The summed E-state index contributed by atoms with van der Waals surface area (Å²) in [7, 11) is 0. The predicted molar refractivity (Wildman–Crippen MR) is 78.6 cm³/mol. The lowest BCUT2D eigenvalue weighted by atomic mass is 10.1. The summed E-state index contributed by atoms with van der Waals surface area (Å²) in [4.78, 5) is 12.2. The van der Waals surface area contributed by atoms with E-state index in [-0.39, 0.29) is 11.9 Å². The van der Waals surface area contributed by atoms with Crippen molar-refractivity contribution in [3.63, 3.8) is 0 Å². The lowest BCUT2D eigenvalue weighted by Crippen LogP contribution is -2.30. The summed E-state index contributed by atoms with van der Waals surface area (Å²) in [6, 6.07) is -0.168. The van der Waals surface area contributed by atoms with Crippen molar-refractivity contribution in [1.82, 2.24) is 30.3 Å². The van der Waals surface area contributed by atoms with Crippen LogP contribution < -0.4 is 5.32 Å². The first-order valence-electron chi connectivity index (χ1n) is 7.20. The number of rotatable bonds is 6. The molecule has 0 aliphatic heterocycles. The number of nitrogens with one attached hydrogen (secondary N) is 2. The van der Waals surface area contributed by atoms with Gasteiger partial charge in [-0.05, 0) is 27.2 Å². The molecule has 0 spiro atoms. The molecule has 114 valence electrons. The Bertz CT molecular complexity index is 595. The molecular weight excluding hydrogens is 268 g/mol. The summed E-state index contributed by atoms with van der Waals surface area (Å²) >= 11 is 0. The molecule has 7 heteroatoms. The van der Waals surface area contributed by atoms with Crippen molar-refractivity contribution in [2.75, 3.05) is 0 Å². The minimum Gasteiger partial charge on any atom is -0.346 e. The third kappa shape index (κ3) is 3.48. The van der Waals surface area contributed by atoms with E-state index in [1.54, 1.807) is 6.33 Å². The van der Waals surface area contributed by atoms with Crippen molar-refractivity contribution in [1.29, 1.82) is 0 Å². The molecule has 1 amide bonds. The first-order valence-corrected chi connectivity index (χ1v) is 7.20. The average Bonchev–Trinajstić information content (AvgIpc) is 3.01. The number of hydrogen-bond donors (Lipinski definition) is 2. The second kappa shape index (κ2) is 6.51. The molecule has 1 atom stereocenters. The molecule has 0 saturated carbocycles. The maximum atomic E-state index is 12.2. The number of nitrogens with zero attached hydrogens (tertiary/aromatic N) is 4. The standard InChI is InChI=1S/C14H22N6O/c1-5-6-20-8-15-19-14(20)11(4)16-13(21)7-12-9(2)17-18-10(12)3/h8,11H,5-7H2,1-4H3,(H,16,21)(H,17,18)/t11-/m0/s1. The lowest BCUT2D eigenvalue weighted by molar-refractivity contribution is -0.121. The maximum absolute atomic E-state index is 12.2. The summed E-state index contributed by atoms with van der Waals surface area (Å²) < 4.78 is 1.97. The molecule has 0 radical (unpaired) electrons. The fourth-order valence-corrected chi connectivity index (χ4v) is 2.36. The number of hydrogen-bond acceptors (Lipinski definition) is 4. The molecule has 7 nitrogen and oxygen atoms in total. The maximum Gasteiger partial charge on any atom is 0.225 e. The number of H-pyrrole nitrogens is 1. The second-order valence-electron chi connectivity index (χ2n) is 5.26. The van der Waals surface area contributed by atoms with E-state index >= 15 is 0 Å². The van der Waals surface area contributed by atoms with Crippen LogP contribution in [-0.4, -0.2) is 30.9 Å². The van der Waals surface area contributed by atoms with Gasteiger partial charge in [0.1, 0.15) is 6.33 Å². The number of carbonyl (C=O) groups excluding carboxylic acids is 1. The Balaban J connectivity index is 2.00.